The van der Waals surface area contributed by atoms with Gasteiger partial charge >= 0.3 is 0 Å². The molecule has 0 bridgehead atoms. The maximum atomic E-state index is 12.9. The van der Waals surface area contributed by atoms with Crippen molar-refractivity contribution in [1.82, 2.24) is 0 Å². The third-order valence-electron chi connectivity index (χ3n) is 1.59. The molecule has 3 nitrogen and oxygen atoms in total. The number of thioether (sulfide) groups is 1. The Morgan fingerprint density at radius 3 is 2.79 bits per heavy atom. The summed E-state index contributed by atoms with van der Waals surface area (Å²) < 4.78 is 12.9. The highest BCUT2D eigenvalue weighted by atomic mass is 32.2. The van der Waals surface area contributed by atoms with Crippen molar-refractivity contribution in [3.63, 3.8) is 0 Å². The van der Waals surface area contributed by atoms with Crippen LogP contribution in [0, 0.1) is 5.82 Å². The van der Waals surface area contributed by atoms with E-state index in [0.29, 0.717) is 5.75 Å². The Bertz CT molecular complexity index is 344. The zero-order valence-electron chi connectivity index (χ0n) is 7.50. The summed E-state index contributed by atoms with van der Waals surface area (Å²) in [5, 5.41) is 0. The van der Waals surface area contributed by atoms with E-state index in [1.807, 2.05) is 0 Å². The molecule has 5 heteroatoms. The molecule has 0 atom stereocenters. The molecule has 14 heavy (non-hydrogen) atoms. The minimum atomic E-state index is -0.436. The van der Waals surface area contributed by atoms with Crippen LogP contribution in [0.2, 0.25) is 0 Å². The van der Waals surface area contributed by atoms with Crippen molar-refractivity contribution < 1.29 is 9.18 Å². The number of carbonyl (C=O) groups is 1. The fraction of sp³-hybridized carbons (Fsp3) is 0.222. The molecule has 0 unspecified atom stereocenters. The maximum Gasteiger partial charge on any atom is 0.218 e. The Labute approximate surface area is 85.7 Å². The number of anilines is 1. The number of hydrogen-bond acceptors (Lipinski definition) is 3. The molecule has 0 aliphatic rings. The van der Waals surface area contributed by atoms with E-state index in [0.717, 1.165) is 4.90 Å². The minimum absolute atomic E-state index is 0.129. The second kappa shape index (κ2) is 4.85. The van der Waals surface area contributed by atoms with Crippen LogP contribution in [0.4, 0.5) is 10.1 Å². The molecule has 0 saturated carbocycles. The largest absolute Gasteiger partial charge is 0.396 e. The molecule has 0 radical (unpaired) electrons. The Morgan fingerprint density at radius 1 is 1.50 bits per heavy atom. The number of rotatable bonds is 4. The molecule has 0 fully saturated rings. The molecule has 1 aromatic rings. The topological polar surface area (TPSA) is 69.1 Å². The summed E-state index contributed by atoms with van der Waals surface area (Å²) in [5.74, 6) is -0.235. The van der Waals surface area contributed by atoms with E-state index in [1.54, 1.807) is 6.07 Å². The third-order valence-corrected chi connectivity index (χ3v) is 2.58. The van der Waals surface area contributed by atoms with Crippen molar-refractivity contribution in [2.45, 2.75) is 11.3 Å². The fourth-order valence-corrected chi connectivity index (χ4v) is 1.76. The minimum Gasteiger partial charge on any atom is -0.396 e. The molecule has 76 valence electrons. The van der Waals surface area contributed by atoms with Crippen molar-refractivity contribution >= 4 is 23.4 Å². The second-order valence-corrected chi connectivity index (χ2v) is 3.92. The summed E-state index contributed by atoms with van der Waals surface area (Å²) in [6.07, 6.45) is 0.288. The molecule has 0 saturated heterocycles. The Morgan fingerprint density at radius 2 is 2.21 bits per heavy atom. The van der Waals surface area contributed by atoms with Crippen LogP contribution in [0.1, 0.15) is 6.42 Å². The first-order valence-corrected chi connectivity index (χ1v) is 5.04. The number of hydrogen-bond donors (Lipinski definition) is 2. The number of benzene rings is 1. The number of amides is 1. The maximum absolute atomic E-state index is 12.9. The predicted molar refractivity (Wildman–Crippen MR) is 55.3 cm³/mol. The first kappa shape index (κ1) is 10.8. The number of primary amides is 1. The van der Waals surface area contributed by atoms with Gasteiger partial charge in [0, 0.05) is 17.1 Å². The number of nitrogen functional groups attached to an aromatic ring is 1. The number of halogens is 1. The summed E-state index contributed by atoms with van der Waals surface area (Å²) in [4.78, 5) is 11.2. The molecule has 0 heterocycles. The Hall–Kier alpha value is -1.23. The highest BCUT2D eigenvalue weighted by Gasteiger charge is 2.01. The molecular weight excluding hydrogens is 203 g/mol. The van der Waals surface area contributed by atoms with E-state index >= 15 is 0 Å². The van der Waals surface area contributed by atoms with Crippen LogP contribution in [0.5, 0.6) is 0 Å². The van der Waals surface area contributed by atoms with E-state index in [2.05, 4.69) is 0 Å². The Kier molecular flexibility index (Phi) is 3.76. The third kappa shape index (κ3) is 3.26. The standard InChI is InChI=1S/C9H11FN2OS/c10-7-5-6(1-2-8(7)11)14-4-3-9(12)13/h1-2,5H,3-4,11H2,(H2,12,13). The average Bonchev–Trinajstić information content (AvgIpc) is 2.10. The van der Waals surface area contributed by atoms with Crippen LogP contribution in [0.15, 0.2) is 23.1 Å². The van der Waals surface area contributed by atoms with Gasteiger partial charge in [-0.1, -0.05) is 0 Å². The Balaban J connectivity index is 2.51. The van der Waals surface area contributed by atoms with Crippen LogP contribution in [-0.4, -0.2) is 11.7 Å². The fourth-order valence-electron chi connectivity index (χ4n) is 0.867. The summed E-state index contributed by atoms with van der Waals surface area (Å²) in [7, 11) is 0. The van der Waals surface area contributed by atoms with Gasteiger partial charge in [0.25, 0.3) is 0 Å². The lowest BCUT2D eigenvalue weighted by molar-refractivity contribution is -0.117. The molecule has 0 aliphatic heterocycles. The van der Waals surface area contributed by atoms with Crippen LogP contribution < -0.4 is 11.5 Å². The SMILES string of the molecule is NC(=O)CCSc1ccc(N)c(F)c1. The molecule has 0 aromatic heterocycles. The lowest BCUT2D eigenvalue weighted by atomic mass is 10.3. The monoisotopic (exact) mass is 214 g/mol. The van der Waals surface area contributed by atoms with Crippen LogP contribution in [0.25, 0.3) is 0 Å². The van der Waals surface area contributed by atoms with Crippen molar-refractivity contribution in [3.05, 3.63) is 24.0 Å². The van der Waals surface area contributed by atoms with Gasteiger partial charge in [-0.2, -0.15) is 0 Å². The van der Waals surface area contributed by atoms with E-state index in [1.165, 1.54) is 23.9 Å². The van der Waals surface area contributed by atoms with Crippen molar-refractivity contribution in [2.75, 3.05) is 11.5 Å². The number of nitrogens with two attached hydrogens (primary N) is 2. The molecule has 0 aliphatic carbocycles. The molecule has 1 rings (SSSR count). The van der Waals surface area contributed by atoms with Gasteiger partial charge in [0.05, 0.1) is 5.69 Å². The van der Waals surface area contributed by atoms with Gasteiger partial charge in [-0.3, -0.25) is 4.79 Å². The lowest BCUT2D eigenvalue weighted by Gasteiger charge is -2.01. The van der Waals surface area contributed by atoms with E-state index in [4.69, 9.17) is 11.5 Å². The van der Waals surface area contributed by atoms with Gasteiger partial charge in [-0.15, -0.1) is 11.8 Å². The lowest BCUT2D eigenvalue weighted by Crippen LogP contribution is -2.10. The van der Waals surface area contributed by atoms with Gasteiger partial charge < -0.3 is 11.5 Å². The molecular formula is C9H11FN2OS. The molecule has 4 N–H and O–H groups in total. The predicted octanol–water partition coefficient (Wildman–Crippen LogP) is 1.38. The highest BCUT2D eigenvalue weighted by molar-refractivity contribution is 7.99. The second-order valence-electron chi connectivity index (χ2n) is 2.75. The summed E-state index contributed by atoms with van der Waals surface area (Å²) in [6.45, 7) is 0. The molecule has 1 aromatic carbocycles. The van der Waals surface area contributed by atoms with Crippen molar-refractivity contribution in [2.24, 2.45) is 5.73 Å². The van der Waals surface area contributed by atoms with Crippen molar-refractivity contribution in [1.29, 1.82) is 0 Å². The van der Waals surface area contributed by atoms with Crippen molar-refractivity contribution in [3.8, 4) is 0 Å². The molecule has 0 spiro atoms. The smallest absolute Gasteiger partial charge is 0.218 e. The zero-order valence-corrected chi connectivity index (χ0v) is 8.31. The quantitative estimate of drug-likeness (QED) is 0.587. The van der Waals surface area contributed by atoms with E-state index in [9.17, 15) is 9.18 Å². The zero-order chi connectivity index (χ0) is 10.6. The first-order valence-electron chi connectivity index (χ1n) is 4.05. The van der Waals surface area contributed by atoms with E-state index < -0.39 is 5.82 Å². The van der Waals surface area contributed by atoms with Crippen LogP contribution in [0.3, 0.4) is 0 Å². The van der Waals surface area contributed by atoms with Gasteiger partial charge in [0.1, 0.15) is 5.82 Å². The highest BCUT2D eigenvalue weighted by Crippen LogP contribution is 2.22. The van der Waals surface area contributed by atoms with Gasteiger partial charge in [0.2, 0.25) is 5.91 Å². The van der Waals surface area contributed by atoms with Crippen LogP contribution >= 0.6 is 11.8 Å². The summed E-state index contributed by atoms with van der Waals surface area (Å²) >= 11 is 1.38. The van der Waals surface area contributed by atoms with Crippen LogP contribution in [-0.2, 0) is 4.79 Å². The number of carbonyl (C=O) groups excluding carboxylic acids is 1. The van der Waals surface area contributed by atoms with Gasteiger partial charge in [-0.05, 0) is 18.2 Å². The van der Waals surface area contributed by atoms with Gasteiger partial charge in [0.15, 0.2) is 0 Å². The molecule has 1 amide bonds. The average molecular weight is 214 g/mol. The summed E-state index contributed by atoms with van der Waals surface area (Å²) in [6, 6.07) is 4.56. The summed E-state index contributed by atoms with van der Waals surface area (Å²) in [5.41, 5.74) is 10.4. The normalized spacial score (nSPS) is 10.1. The van der Waals surface area contributed by atoms with E-state index in [-0.39, 0.29) is 18.0 Å². The van der Waals surface area contributed by atoms with Gasteiger partial charge in [-0.25, -0.2) is 4.39 Å². The first-order chi connectivity index (χ1) is 6.59.